The number of hydrogen-bond donors (Lipinski definition) is 3. The average Bonchev–Trinajstić information content (AvgIpc) is 3.27. The highest BCUT2D eigenvalue weighted by molar-refractivity contribution is 7.22. The number of fused-ring (bicyclic) bond motifs is 1. The summed E-state index contributed by atoms with van der Waals surface area (Å²) in [5.74, 6) is 0.155. The van der Waals surface area contributed by atoms with Crippen molar-refractivity contribution in [1.82, 2.24) is 25.3 Å². The number of nitrogens with zero attached hydrogens (tertiary/aromatic N) is 4. The van der Waals surface area contributed by atoms with Crippen LogP contribution in [0.5, 0.6) is 0 Å². The molecule has 4 aromatic rings. The Bertz CT molecular complexity index is 1310. The van der Waals surface area contributed by atoms with Gasteiger partial charge in [-0.3, -0.25) is 15.1 Å². The van der Waals surface area contributed by atoms with Gasteiger partial charge in [-0.2, -0.15) is 0 Å². The van der Waals surface area contributed by atoms with Crippen molar-refractivity contribution in [2.75, 3.05) is 30.3 Å². The van der Waals surface area contributed by atoms with Crippen molar-refractivity contribution in [2.24, 2.45) is 0 Å². The molecule has 11 heteroatoms. The first-order chi connectivity index (χ1) is 17.1. The molecule has 0 saturated heterocycles. The van der Waals surface area contributed by atoms with Gasteiger partial charge in [-0.05, 0) is 43.7 Å². The summed E-state index contributed by atoms with van der Waals surface area (Å²) < 4.78 is 5.83. The number of rotatable bonds is 9. The van der Waals surface area contributed by atoms with Crippen molar-refractivity contribution >= 4 is 44.6 Å². The average molecular weight is 492 g/mol. The zero-order valence-electron chi connectivity index (χ0n) is 19.4. The Balaban J connectivity index is 1.62. The fraction of sp³-hybridized carbons (Fsp3) is 0.250. The van der Waals surface area contributed by atoms with Crippen LogP contribution in [0.4, 0.5) is 15.9 Å². The quantitative estimate of drug-likeness (QED) is 0.295. The van der Waals surface area contributed by atoms with Crippen LogP contribution in [0.3, 0.4) is 0 Å². The van der Waals surface area contributed by atoms with Gasteiger partial charge in [0, 0.05) is 42.8 Å². The van der Waals surface area contributed by atoms with Crippen molar-refractivity contribution in [3.8, 4) is 22.4 Å². The Morgan fingerprint density at radius 1 is 1.06 bits per heavy atom. The molecule has 0 saturated carbocycles. The number of urea groups is 1. The number of amides is 2. The van der Waals surface area contributed by atoms with Crippen LogP contribution >= 0.6 is 11.3 Å². The van der Waals surface area contributed by atoms with Crippen molar-refractivity contribution in [1.29, 1.82) is 0 Å². The highest BCUT2D eigenvalue weighted by Gasteiger charge is 2.15. The van der Waals surface area contributed by atoms with Gasteiger partial charge in [-0.25, -0.2) is 19.7 Å². The molecule has 3 aromatic heterocycles. The maximum Gasteiger partial charge on any atom is 0.321 e. The molecule has 10 nitrogen and oxygen atoms in total. The van der Waals surface area contributed by atoms with Gasteiger partial charge in [0.15, 0.2) is 5.13 Å². The molecule has 0 bridgehead atoms. The lowest BCUT2D eigenvalue weighted by Crippen LogP contribution is -2.28. The Morgan fingerprint density at radius 2 is 1.89 bits per heavy atom. The van der Waals surface area contributed by atoms with Crippen LogP contribution in [0.2, 0.25) is 0 Å². The SMILES string of the molecule is CCNC(=O)Nc1nc2cc(-c3cnc(NCCC(=O)OCC)nc3)cc(-c3ccccn3)c2s1. The van der Waals surface area contributed by atoms with E-state index in [-0.39, 0.29) is 18.4 Å². The molecule has 0 atom stereocenters. The maximum absolute atomic E-state index is 12.0. The first-order valence-electron chi connectivity index (χ1n) is 11.2. The summed E-state index contributed by atoms with van der Waals surface area (Å²) in [6, 6.07) is 9.38. The van der Waals surface area contributed by atoms with Crippen LogP contribution in [0.15, 0.2) is 48.9 Å². The fourth-order valence-electron chi connectivity index (χ4n) is 3.35. The molecule has 35 heavy (non-hydrogen) atoms. The maximum atomic E-state index is 12.0. The summed E-state index contributed by atoms with van der Waals surface area (Å²) in [5, 5.41) is 9.01. The second kappa shape index (κ2) is 11.3. The third-order valence-corrected chi connectivity index (χ3v) is 5.91. The minimum absolute atomic E-state index is 0.236. The lowest BCUT2D eigenvalue weighted by Gasteiger charge is -2.08. The third-order valence-electron chi connectivity index (χ3n) is 4.89. The van der Waals surface area contributed by atoms with Gasteiger partial charge in [0.25, 0.3) is 0 Å². The summed E-state index contributed by atoms with van der Waals surface area (Å²) in [6.07, 6.45) is 5.40. The van der Waals surface area contributed by atoms with Gasteiger partial charge in [-0.1, -0.05) is 17.4 Å². The lowest BCUT2D eigenvalue weighted by molar-refractivity contribution is -0.142. The van der Waals surface area contributed by atoms with Gasteiger partial charge in [0.2, 0.25) is 5.95 Å². The Kier molecular flexibility index (Phi) is 7.78. The summed E-state index contributed by atoms with van der Waals surface area (Å²) in [4.78, 5) is 41.3. The van der Waals surface area contributed by atoms with Gasteiger partial charge < -0.3 is 15.4 Å². The topological polar surface area (TPSA) is 131 Å². The first-order valence-corrected chi connectivity index (χ1v) is 12.0. The zero-order chi connectivity index (χ0) is 24.6. The van der Waals surface area contributed by atoms with E-state index in [0.717, 1.165) is 32.6 Å². The highest BCUT2D eigenvalue weighted by atomic mass is 32.1. The van der Waals surface area contributed by atoms with Crippen LogP contribution in [-0.4, -0.2) is 51.6 Å². The third kappa shape index (κ3) is 6.07. The fourth-order valence-corrected chi connectivity index (χ4v) is 4.31. The van der Waals surface area contributed by atoms with Crippen molar-refractivity contribution in [3.63, 3.8) is 0 Å². The Morgan fingerprint density at radius 3 is 2.60 bits per heavy atom. The number of pyridine rings is 1. The molecule has 3 N–H and O–H groups in total. The number of nitrogens with one attached hydrogen (secondary N) is 3. The smallest absolute Gasteiger partial charge is 0.321 e. The van der Waals surface area contributed by atoms with E-state index in [1.54, 1.807) is 25.5 Å². The molecule has 0 aliphatic carbocycles. The van der Waals surface area contributed by atoms with E-state index in [9.17, 15) is 9.59 Å². The van der Waals surface area contributed by atoms with Crippen LogP contribution in [-0.2, 0) is 9.53 Å². The van der Waals surface area contributed by atoms with Gasteiger partial charge in [0.05, 0.1) is 28.9 Å². The minimum Gasteiger partial charge on any atom is -0.466 e. The van der Waals surface area contributed by atoms with Crippen LogP contribution in [0.1, 0.15) is 20.3 Å². The summed E-state index contributed by atoms with van der Waals surface area (Å²) in [5.41, 5.74) is 4.09. The second-order valence-electron chi connectivity index (χ2n) is 7.37. The normalized spacial score (nSPS) is 10.7. The van der Waals surface area contributed by atoms with Gasteiger partial charge in [-0.15, -0.1) is 0 Å². The molecular weight excluding hydrogens is 466 g/mol. The second-order valence-corrected chi connectivity index (χ2v) is 8.37. The highest BCUT2D eigenvalue weighted by Crippen LogP contribution is 2.38. The number of benzene rings is 1. The van der Waals surface area contributed by atoms with Crippen LogP contribution in [0, 0.1) is 0 Å². The van der Waals surface area contributed by atoms with E-state index >= 15 is 0 Å². The monoisotopic (exact) mass is 491 g/mol. The van der Waals surface area contributed by atoms with Crippen LogP contribution < -0.4 is 16.0 Å². The lowest BCUT2D eigenvalue weighted by atomic mass is 10.0. The summed E-state index contributed by atoms with van der Waals surface area (Å²) in [7, 11) is 0. The molecule has 0 spiro atoms. The summed E-state index contributed by atoms with van der Waals surface area (Å²) in [6.45, 7) is 4.89. The zero-order valence-corrected chi connectivity index (χ0v) is 20.2. The number of carbonyl (C=O) groups excluding carboxylic acids is 2. The standard InChI is InChI=1S/C24H25N7O3S/c1-3-25-23(33)31-24-30-19-12-15(11-17(21(19)35-24)18-7-5-6-9-26-18)16-13-28-22(29-14-16)27-10-8-20(32)34-4-2/h5-7,9,11-14H,3-4,8,10H2,1-2H3,(H,27,28,29)(H2,25,30,31,33). The van der Waals surface area contributed by atoms with Gasteiger partial charge >= 0.3 is 12.0 Å². The number of aromatic nitrogens is 4. The molecule has 0 aliphatic rings. The number of carbonyl (C=O) groups is 2. The summed E-state index contributed by atoms with van der Waals surface area (Å²) >= 11 is 1.39. The predicted octanol–water partition coefficient (Wildman–Crippen LogP) is 4.32. The number of esters is 1. The molecule has 0 aliphatic heterocycles. The number of anilines is 2. The number of ether oxygens (including phenoxy) is 1. The minimum atomic E-state index is -0.300. The molecule has 1 aromatic carbocycles. The molecule has 180 valence electrons. The Hall–Kier alpha value is -4.12. The van der Waals surface area contributed by atoms with Crippen LogP contribution in [0.25, 0.3) is 32.6 Å². The van der Waals surface area contributed by atoms with E-state index in [1.807, 2.05) is 37.3 Å². The van der Waals surface area contributed by atoms with E-state index in [1.165, 1.54) is 11.3 Å². The van der Waals surface area contributed by atoms with E-state index < -0.39 is 0 Å². The Labute approximate surface area is 206 Å². The van der Waals surface area contributed by atoms with Crippen molar-refractivity contribution < 1.29 is 14.3 Å². The van der Waals surface area contributed by atoms with Crippen molar-refractivity contribution in [2.45, 2.75) is 20.3 Å². The molecule has 4 rings (SSSR count). The largest absolute Gasteiger partial charge is 0.466 e. The molecule has 0 radical (unpaired) electrons. The first kappa shape index (κ1) is 24.0. The molecule has 2 amide bonds. The van der Waals surface area contributed by atoms with E-state index in [4.69, 9.17) is 4.74 Å². The molecular formula is C24H25N7O3S. The molecule has 0 fully saturated rings. The predicted molar refractivity (Wildman–Crippen MR) is 136 cm³/mol. The molecule has 0 unspecified atom stereocenters. The van der Waals surface area contributed by atoms with Gasteiger partial charge in [0.1, 0.15) is 0 Å². The number of thiazole rings is 1. The van der Waals surface area contributed by atoms with Crippen molar-refractivity contribution in [3.05, 3.63) is 48.9 Å². The molecule has 3 heterocycles. The van der Waals surface area contributed by atoms with E-state index in [2.05, 4.69) is 35.9 Å². The number of hydrogen-bond acceptors (Lipinski definition) is 9. The van der Waals surface area contributed by atoms with E-state index in [0.29, 0.717) is 30.8 Å².